The molecule has 1 saturated heterocycles. The molecule has 1 amide bonds. The van der Waals surface area contributed by atoms with E-state index in [1.165, 1.54) is 5.56 Å². The fourth-order valence-electron chi connectivity index (χ4n) is 3.76. The molecule has 0 atom stereocenters. The number of aromatic nitrogens is 1. The molecule has 2 aliphatic rings. The fraction of sp³-hybridized carbons (Fsp3) is 0.333. The van der Waals surface area contributed by atoms with Gasteiger partial charge in [-0.1, -0.05) is 6.07 Å². The van der Waals surface area contributed by atoms with Crippen molar-refractivity contribution >= 4 is 17.0 Å². The number of oxazole rings is 1. The molecule has 0 aliphatic carbocycles. The van der Waals surface area contributed by atoms with Gasteiger partial charge in [0.05, 0.1) is 0 Å². The third-order valence-electron chi connectivity index (χ3n) is 5.24. The lowest BCUT2D eigenvalue weighted by Gasteiger charge is -2.34. The average Bonchev–Trinajstić information content (AvgIpc) is 3.32. The van der Waals surface area contributed by atoms with Crippen molar-refractivity contribution in [2.75, 3.05) is 33.0 Å². The van der Waals surface area contributed by atoms with Gasteiger partial charge in [-0.2, -0.15) is 0 Å². The Hall–Kier alpha value is -3.06. The highest BCUT2D eigenvalue weighted by Gasteiger charge is 2.23. The summed E-state index contributed by atoms with van der Waals surface area (Å²) in [5.41, 5.74) is 3.29. The summed E-state index contributed by atoms with van der Waals surface area (Å²) < 4.78 is 16.3. The molecule has 5 rings (SSSR count). The van der Waals surface area contributed by atoms with E-state index in [0.29, 0.717) is 36.9 Å². The molecule has 3 aromatic rings. The van der Waals surface area contributed by atoms with Gasteiger partial charge in [0.15, 0.2) is 23.0 Å². The minimum absolute atomic E-state index is 0.0466. The zero-order valence-corrected chi connectivity index (χ0v) is 15.7. The SMILES string of the molecule is Cc1nc2cc(C(=O)N3CCN(Cc4ccc5c(c4)OCO5)CC3)ccc2o1. The molecule has 28 heavy (non-hydrogen) atoms. The number of nitrogens with zero attached hydrogens (tertiary/aromatic N) is 3. The van der Waals surface area contributed by atoms with E-state index in [-0.39, 0.29) is 5.91 Å². The molecule has 3 heterocycles. The van der Waals surface area contributed by atoms with Crippen LogP contribution in [0.2, 0.25) is 0 Å². The number of amides is 1. The van der Waals surface area contributed by atoms with Gasteiger partial charge in [-0.3, -0.25) is 9.69 Å². The zero-order chi connectivity index (χ0) is 19.1. The number of benzene rings is 2. The van der Waals surface area contributed by atoms with Gasteiger partial charge in [0.25, 0.3) is 5.91 Å². The van der Waals surface area contributed by atoms with Crippen LogP contribution in [-0.4, -0.2) is 53.7 Å². The lowest BCUT2D eigenvalue weighted by Crippen LogP contribution is -2.48. The second-order valence-electron chi connectivity index (χ2n) is 7.17. The van der Waals surface area contributed by atoms with Crippen molar-refractivity contribution in [3.8, 4) is 11.5 Å². The van der Waals surface area contributed by atoms with Gasteiger partial charge in [-0.25, -0.2) is 4.98 Å². The zero-order valence-electron chi connectivity index (χ0n) is 15.7. The Kier molecular flexibility index (Phi) is 4.16. The molecular formula is C21H21N3O4. The molecular weight excluding hydrogens is 358 g/mol. The van der Waals surface area contributed by atoms with Crippen LogP contribution in [0.3, 0.4) is 0 Å². The van der Waals surface area contributed by atoms with Gasteiger partial charge in [0.2, 0.25) is 6.79 Å². The van der Waals surface area contributed by atoms with Crippen molar-refractivity contribution in [1.82, 2.24) is 14.8 Å². The molecule has 0 N–H and O–H groups in total. The Labute approximate surface area is 162 Å². The van der Waals surface area contributed by atoms with Crippen molar-refractivity contribution < 1.29 is 18.7 Å². The lowest BCUT2D eigenvalue weighted by molar-refractivity contribution is 0.0628. The van der Waals surface area contributed by atoms with Gasteiger partial charge in [0.1, 0.15) is 5.52 Å². The predicted octanol–water partition coefficient (Wildman–Crippen LogP) is 2.82. The highest BCUT2D eigenvalue weighted by atomic mass is 16.7. The summed E-state index contributed by atoms with van der Waals surface area (Å²) in [5, 5.41) is 0. The smallest absolute Gasteiger partial charge is 0.254 e. The molecule has 0 unspecified atom stereocenters. The number of piperazine rings is 1. The van der Waals surface area contributed by atoms with Gasteiger partial charge in [0, 0.05) is 45.2 Å². The van der Waals surface area contributed by atoms with Crippen molar-refractivity contribution in [3.63, 3.8) is 0 Å². The normalized spacial score (nSPS) is 16.7. The van der Waals surface area contributed by atoms with Crippen molar-refractivity contribution in [2.24, 2.45) is 0 Å². The topological polar surface area (TPSA) is 68.0 Å². The van der Waals surface area contributed by atoms with Crippen LogP contribution in [0.4, 0.5) is 0 Å². The van der Waals surface area contributed by atoms with Crippen LogP contribution in [0.25, 0.3) is 11.1 Å². The largest absolute Gasteiger partial charge is 0.454 e. The second-order valence-corrected chi connectivity index (χ2v) is 7.17. The summed E-state index contributed by atoms with van der Waals surface area (Å²) in [6.45, 7) is 6.03. The molecule has 1 fully saturated rings. The maximum atomic E-state index is 12.9. The molecule has 0 spiro atoms. The number of rotatable bonds is 3. The fourth-order valence-corrected chi connectivity index (χ4v) is 3.76. The van der Waals surface area contributed by atoms with Crippen LogP contribution >= 0.6 is 0 Å². The van der Waals surface area contributed by atoms with Crippen LogP contribution in [0.5, 0.6) is 11.5 Å². The van der Waals surface area contributed by atoms with E-state index < -0.39 is 0 Å². The first-order chi connectivity index (χ1) is 13.7. The molecule has 1 aromatic heterocycles. The Balaban J connectivity index is 1.22. The molecule has 2 aliphatic heterocycles. The number of fused-ring (bicyclic) bond motifs is 2. The molecule has 0 saturated carbocycles. The van der Waals surface area contributed by atoms with E-state index in [4.69, 9.17) is 13.9 Å². The first-order valence-electron chi connectivity index (χ1n) is 9.43. The number of hydrogen-bond acceptors (Lipinski definition) is 6. The van der Waals surface area contributed by atoms with Gasteiger partial charge in [-0.05, 0) is 35.9 Å². The molecule has 144 valence electrons. The first kappa shape index (κ1) is 17.1. The van der Waals surface area contributed by atoms with Crippen LogP contribution in [0.1, 0.15) is 21.8 Å². The average molecular weight is 379 g/mol. The molecule has 7 nitrogen and oxygen atoms in total. The summed E-state index contributed by atoms with van der Waals surface area (Å²) >= 11 is 0. The summed E-state index contributed by atoms with van der Waals surface area (Å²) in [4.78, 5) is 21.4. The number of hydrogen-bond donors (Lipinski definition) is 0. The summed E-state index contributed by atoms with van der Waals surface area (Å²) in [6, 6.07) is 11.5. The highest BCUT2D eigenvalue weighted by molar-refractivity contribution is 5.97. The van der Waals surface area contributed by atoms with E-state index >= 15 is 0 Å². The predicted molar refractivity (Wildman–Crippen MR) is 102 cm³/mol. The third-order valence-corrected chi connectivity index (χ3v) is 5.24. The quantitative estimate of drug-likeness (QED) is 0.697. The Bertz CT molecular complexity index is 1040. The summed E-state index contributed by atoms with van der Waals surface area (Å²) in [7, 11) is 0. The third kappa shape index (κ3) is 3.18. The second kappa shape index (κ2) is 6.83. The van der Waals surface area contributed by atoms with Gasteiger partial charge in [-0.15, -0.1) is 0 Å². The maximum Gasteiger partial charge on any atom is 0.254 e. The van der Waals surface area contributed by atoms with E-state index in [1.54, 1.807) is 6.92 Å². The number of ether oxygens (including phenoxy) is 2. The molecule has 0 radical (unpaired) electrons. The van der Waals surface area contributed by atoms with Gasteiger partial charge >= 0.3 is 0 Å². The Morgan fingerprint density at radius 1 is 1.04 bits per heavy atom. The number of carbonyl (C=O) groups is 1. The Morgan fingerprint density at radius 2 is 1.86 bits per heavy atom. The number of aryl methyl sites for hydroxylation is 1. The first-order valence-corrected chi connectivity index (χ1v) is 9.43. The summed E-state index contributed by atoms with van der Waals surface area (Å²) in [6.07, 6.45) is 0. The molecule has 2 aromatic carbocycles. The standard InChI is InChI=1S/C21H21N3O4/c1-14-22-17-11-16(3-5-18(17)28-14)21(25)24-8-6-23(7-9-24)12-15-2-4-19-20(10-15)27-13-26-19/h2-5,10-11H,6-9,12-13H2,1H3. The van der Waals surface area contributed by atoms with Crippen LogP contribution in [-0.2, 0) is 6.54 Å². The van der Waals surface area contributed by atoms with E-state index in [0.717, 1.165) is 36.6 Å². The molecule has 7 heteroatoms. The van der Waals surface area contributed by atoms with E-state index in [2.05, 4.69) is 16.0 Å². The van der Waals surface area contributed by atoms with Crippen molar-refractivity contribution in [1.29, 1.82) is 0 Å². The van der Waals surface area contributed by atoms with E-state index in [9.17, 15) is 4.79 Å². The Morgan fingerprint density at radius 3 is 2.71 bits per heavy atom. The monoisotopic (exact) mass is 379 g/mol. The van der Waals surface area contributed by atoms with Crippen molar-refractivity contribution in [3.05, 3.63) is 53.4 Å². The number of carbonyl (C=O) groups excluding carboxylic acids is 1. The van der Waals surface area contributed by atoms with Crippen molar-refractivity contribution in [2.45, 2.75) is 13.5 Å². The minimum atomic E-state index is 0.0466. The van der Waals surface area contributed by atoms with Gasteiger partial charge < -0.3 is 18.8 Å². The van der Waals surface area contributed by atoms with Crippen LogP contribution in [0.15, 0.2) is 40.8 Å². The van der Waals surface area contributed by atoms with Crippen LogP contribution < -0.4 is 9.47 Å². The van der Waals surface area contributed by atoms with E-state index in [1.807, 2.05) is 35.2 Å². The lowest BCUT2D eigenvalue weighted by atomic mass is 10.1. The minimum Gasteiger partial charge on any atom is -0.454 e. The summed E-state index contributed by atoms with van der Waals surface area (Å²) in [5.74, 6) is 2.27. The van der Waals surface area contributed by atoms with Crippen LogP contribution in [0, 0.1) is 6.92 Å². The maximum absolute atomic E-state index is 12.9. The molecule has 0 bridgehead atoms. The highest BCUT2D eigenvalue weighted by Crippen LogP contribution is 2.32.